The van der Waals surface area contributed by atoms with Crippen LogP contribution in [0.2, 0.25) is 0 Å². The molecule has 0 bridgehead atoms. The van der Waals surface area contributed by atoms with Crippen molar-refractivity contribution in [3.63, 3.8) is 0 Å². The van der Waals surface area contributed by atoms with Crippen molar-refractivity contribution >= 4 is 15.9 Å². The number of rotatable bonds is 6. The van der Waals surface area contributed by atoms with Crippen LogP contribution in [0, 0.1) is 11.8 Å². The Labute approximate surface area is 118 Å². The van der Waals surface area contributed by atoms with Crippen molar-refractivity contribution in [2.24, 2.45) is 11.8 Å². The number of nitrogens with one attached hydrogen (secondary N) is 1. The molecule has 102 valence electrons. The predicted octanol–water partition coefficient (Wildman–Crippen LogP) is 2.12. The van der Waals surface area contributed by atoms with Gasteiger partial charge in [-0.1, -0.05) is 6.92 Å². The third-order valence-corrected chi connectivity index (χ3v) is 4.41. The van der Waals surface area contributed by atoms with Gasteiger partial charge in [0.25, 0.3) is 0 Å². The van der Waals surface area contributed by atoms with E-state index in [0.717, 1.165) is 29.4 Å². The summed E-state index contributed by atoms with van der Waals surface area (Å²) in [7, 11) is 6.24. The Bertz CT molecular complexity index is 402. The summed E-state index contributed by atoms with van der Waals surface area (Å²) in [5, 5.41) is 7.96. The third kappa shape index (κ3) is 2.95. The van der Waals surface area contributed by atoms with Crippen molar-refractivity contribution in [1.29, 1.82) is 0 Å². The smallest absolute Gasteiger partial charge is 0.0699 e. The highest BCUT2D eigenvalue weighted by Gasteiger charge is 2.41. The van der Waals surface area contributed by atoms with Gasteiger partial charge in [0, 0.05) is 6.54 Å². The van der Waals surface area contributed by atoms with Crippen LogP contribution in [0.25, 0.3) is 0 Å². The standard InChI is InChI=1S/C13H23BrN4/c1-9-7-10(9)12(15-2)13-11(14)8-16-18(13)6-5-17(3)4/h8-10,12,15H,5-7H2,1-4H3. The second-order valence-electron chi connectivity index (χ2n) is 5.55. The maximum Gasteiger partial charge on any atom is 0.0699 e. The average molecular weight is 315 g/mol. The van der Waals surface area contributed by atoms with Gasteiger partial charge in [-0.05, 0) is 55.3 Å². The molecule has 1 aromatic rings. The molecule has 1 saturated carbocycles. The fraction of sp³-hybridized carbons (Fsp3) is 0.769. The lowest BCUT2D eigenvalue weighted by atomic mass is 10.1. The summed E-state index contributed by atoms with van der Waals surface area (Å²) in [6.07, 6.45) is 3.24. The lowest BCUT2D eigenvalue weighted by molar-refractivity contribution is 0.358. The molecule has 0 aromatic carbocycles. The zero-order chi connectivity index (χ0) is 13.3. The maximum absolute atomic E-state index is 4.49. The summed E-state index contributed by atoms with van der Waals surface area (Å²) in [6, 6.07) is 0.416. The van der Waals surface area contributed by atoms with Crippen LogP contribution in [-0.4, -0.2) is 42.4 Å². The van der Waals surface area contributed by atoms with E-state index in [9.17, 15) is 0 Å². The molecule has 2 rings (SSSR count). The van der Waals surface area contributed by atoms with Crippen LogP contribution in [0.1, 0.15) is 25.1 Å². The Morgan fingerprint density at radius 1 is 1.61 bits per heavy atom. The Hall–Kier alpha value is -0.390. The minimum absolute atomic E-state index is 0.416. The molecule has 18 heavy (non-hydrogen) atoms. The summed E-state index contributed by atoms with van der Waals surface area (Å²) >= 11 is 3.64. The second kappa shape index (κ2) is 5.72. The van der Waals surface area contributed by atoms with Gasteiger partial charge in [0.1, 0.15) is 0 Å². The van der Waals surface area contributed by atoms with Crippen molar-refractivity contribution in [2.45, 2.75) is 25.9 Å². The monoisotopic (exact) mass is 314 g/mol. The molecule has 1 aliphatic carbocycles. The molecule has 0 radical (unpaired) electrons. The fourth-order valence-electron chi connectivity index (χ4n) is 2.52. The average Bonchev–Trinajstić information content (AvgIpc) is 2.91. The molecule has 4 nitrogen and oxygen atoms in total. The summed E-state index contributed by atoms with van der Waals surface area (Å²) < 4.78 is 3.26. The highest BCUT2D eigenvalue weighted by atomic mass is 79.9. The van der Waals surface area contributed by atoms with E-state index in [1.807, 2.05) is 13.2 Å². The van der Waals surface area contributed by atoms with Gasteiger partial charge in [-0.15, -0.1) is 0 Å². The molecule has 0 aliphatic heterocycles. The number of nitrogens with zero attached hydrogens (tertiary/aromatic N) is 3. The van der Waals surface area contributed by atoms with Gasteiger partial charge in [0.2, 0.25) is 0 Å². The normalized spacial score (nSPS) is 24.6. The van der Waals surface area contributed by atoms with Gasteiger partial charge in [-0.3, -0.25) is 4.68 Å². The third-order valence-electron chi connectivity index (χ3n) is 3.80. The number of halogens is 1. The van der Waals surface area contributed by atoms with Crippen LogP contribution in [0.5, 0.6) is 0 Å². The Balaban J connectivity index is 2.16. The Kier molecular flexibility index (Phi) is 4.45. The molecule has 1 heterocycles. The molecule has 3 atom stereocenters. The van der Waals surface area contributed by atoms with E-state index < -0.39 is 0 Å². The Morgan fingerprint density at radius 3 is 2.78 bits per heavy atom. The first-order valence-electron chi connectivity index (χ1n) is 6.57. The number of aromatic nitrogens is 2. The molecule has 0 saturated heterocycles. The molecule has 5 heteroatoms. The summed E-state index contributed by atoms with van der Waals surface area (Å²) in [5.74, 6) is 1.58. The molecule has 0 spiro atoms. The molecule has 1 N–H and O–H groups in total. The minimum Gasteiger partial charge on any atom is -0.311 e. The van der Waals surface area contributed by atoms with Gasteiger partial charge in [0.15, 0.2) is 0 Å². The number of likely N-dealkylation sites (N-methyl/N-ethyl adjacent to an activating group) is 1. The van der Waals surface area contributed by atoms with Crippen molar-refractivity contribution in [3.8, 4) is 0 Å². The van der Waals surface area contributed by atoms with E-state index in [1.165, 1.54) is 12.1 Å². The first kappa shape index (κ1) is 14.0. The Morgan fingerprint density at radius 2 is 2.28 bits per heavy atom. The van der Waals surface area contributed by atoms with Gasteiger partial charge in [-0.2, -0.15) is 5.10 Å². The topological polar surface area (TPSA) is 33.1 Å². The van der Waals surface area contributed by atoms with Gasteiger partial charge in [0.05, 0.1) is 29.0 Å². The van der Waals surface area contributed by atoms with Crippen LogP contribution in [0.15, 0.2) is 10.7 Å². The zero-order valence-corrected chi connectivity index (χ0v) is 13.2. The molecular formula is C13H23BrN4. The van der Waals surface area contributed by atoms with Crippen molar-refractivity contribution < 1.29 is 0 Å². The molecule has 1 aromatic heterocycles. The molecular weight excluding hydrogens is 292 g/mol. The second-order valence-corrected chi connectivity index (χ2v) is 6.40. The van der Waals surface area contributed by atoms with Crippen LogP contribution in [0.4, 0.5) is 0 Å². The van der Waals surface area contributed by atoms with Crippen molar-refractivity contribution in [3.05, 3.63) is 16.4 Å². The van der Waals surface area contributed by atoms with Crippen LogP contribution < -0.4 is 5.32 Å². The highest BCUT2D eigenvalue weighted by Crippen LogP contribution is 2.47. The van der Waals surface area contributed by atoms with E-state index in [-0.39, 0.29) is 0 Å². The van der Waals surface area contributed by atoms with Crippen LogP contribution >= 0.6 is 15.9 Å². The maximum atomic E-state index is 4.49. The van der Waals surface area contributed by atoms with Crippen molar-refractivity contribution in [2.75, 3.05) is 27.7 Å². The van der Waals surface area contributed by atoms with Gasteiger partial charge < -0.3 is 10.2 Å². The number of hydrogen-bond donors (Lipinski definition) is 1. The van der Waals surface area contributed by atoms with E-state index in [0.29, 0.717) is 6.04 Å². The summed E-state index contributed by atoms with van der Waals surface area (Å²) in [5.41, 5.74) is 1.30. The van der Waals surface area contributed by atoms with E-state index in [4.69, 9.17) is 0 Å². The van der Waals surface area contributed by atoms with E-state index >= 15 is 0 Å². The quantitative estimate of drug-likeness (QED) is 0.873. The van der Waals surface area contributed by atoms with E-state index in [2.05, 4.69) is 56.9 Å². The van der Waals surface area contributed by atoms with Crippen LogP contribution in [0.3, 0.4) is 0 Å². The van der Waals surface area contributed by atoms with Gasteiger partial charge >= 0.3 is 0 Å². The summed E-state index contributed by atoms with van der Waals surface area (Å²) in [6.45, 7) is 4.27. The zero-order valence-electron chi connectivity index (χ0n) is 11.7. The van der Waals surface area contributed by atoms with Gasteiger partial charge in [-0.25, -0.2) is 0 Å². The first-order chi connectivity index (χ1) is 8.54. The predicted molar refractivity (Wildman–Crippen MR) is 77.6 cm³/mol. The summed E-state index contributed by atoms with van der Waals surface area (Å²) in [4.78, 5) is 2.19. The molecule has 1 fully saturated rings. The minimum atomic E-state index is 0.416. The van der Waals surface area contributed by atoms with E-state index in [1.54, 1.807) is 0 Å². The molecule has 0 amide bonds. The fourth-order valence-corrected chi connectivity index (χ4v) is 3.07. The van der Waals surface area contributed by atoms with Crippen molar-refractivity contribution in [1.82, 2.24) is 20.0 Å². The number of hydrogen-bond acceptors (Lipinski definition) is 3. The lowest BCUT2D eigenvalue weighted by Gasteiger charge is -2.20. The highest BCUT2D eigenvalue weighted by molar-refractivity contribution is 9.10. The van der Waals surface area contributed by atoms with Crippen LogP contribution in [-0.2, 0) is 6.54 Å². The molecule has 3 unspecified atom stereocenters. The first-order valence-corrected chi connectivity index (χ1v) is 7.37. The largest absolute Gasteiger partial charge is 0.311 e. The SMILES string of the molecule is CNC(c1c(Br)cnn1CCN(C)C)C1CC1C. The molecule has 1 aliphatic rings. The lowest BCUT2D eigenvalue weighted by Crippen LogP contribution is -2.26.